The van der Waals surface area contributed by atoms with Crippen molar-refractivity contribution < 1.29 is 33.3 Å². The second kappa shape index (κ2) is 24.2. The van der Waals surface area contributed by atoms with E-state index in [4.69, 9.17) is 52.5 Å². The van der Waals surface area contributed by atoms with E-state index in [0.717, 1.165) is 31.4 Å². The fraction of sp³-hybridized carbons (Fsp3) is 0.567. The lowest BCUT2D eigenvalue weighted by Crippen LogP contribution is -2.38. The van der Waals surface area contributed by atoms with Crippen LogP contribution in [0.3, 0.4) is 0 Å². The van der Waals surface area contributed by atoms with E-state index < -0.39 is 5.91 Å². The van der Waals surface area contributed by atoms with Crippen molar-refractivity contribution in [2.75, 3.05) is 90.6 Å². The Kier molecular flexibility index (Phi) is 20.2. The Labute approximate surface area is 280 Å². The van der Waals surface area contributed by atoms with Crippen LogP contribution in [0.2, 0.25) is 5.15 Å². The largest absolute Gasteiger partial charge is 0.491 e. The average Bonchev–Trinajstić information content (AvgIpc) is 3.05. The van der Waals surface area contributed by atoms with Gasteiger partial charge in [0.25, 0.3) is 5.91 Å². The van der Waals surface area contributed by atoms with Crippen molar-refractivity contribution >= 4 is 41.1 Å². The first-order chi connectivity index (χ1) is 22.8. The van der Waals surface area contributed by atoms with Gasteiger partial charge >= 0.3 is 6.03 Å². The number of amides is 3. The summed E-state index contributed by atoms with van der Waals surface area (Å²) in [6.45, 7) is 7.66. The predicted molar refractivity (Wildman–Crippen MR) is 180 cm³/mol. The Bertz CT molecular complexity index is 1220. The molecule has 17 heteroatoms. The van der Waals surface area contributed by atoms with Gasteiger partial charge in [-0.15, -0.1) is 0 Å². The molecule has 16 nitrogen and oxygen atoms in total. The van der Waals surface area contributed by atoms with Crippen LogP contribution in [0.1, 0.15) is 42.2 Å². The smallest absolute Gasteiger partial charge is 0.314 e. The van der Waals surface area contributed by atoms with Gasteiger partial charge in [-0.05, 0) is 43.4 Å². The van der Waals surface area contributed by atoms with Gasteiger partial charge in [0.2, 0.25) is 0 Å². The van der Waals surface area contributed by atoms with E-state index >= 15 is 0 Å². The van der Waals surface area contributed by atoms with Crippen LogP contribution in [0.4, 0.5) is 16.4 Å². The number of rotatable bonds is 24. The predicted octanol–water partition coefficient (Wildman–Crippen LogP) is 1.52. The van der Waals surface area contributed by atoms with E-state index in [1.54, 1.807) is 0 Å². The Hall–Kier alpha value is -3.96. The Balaban J connectivity index is 1.41. The Morgan fingerprint density at radius 3 is 2.04 bits per heavy atom. The lowest BCUT2D eigenvalue weighted by atomic mass is 10.1. The SMILES string of the molecule is CCCNC(=O)NCCOCCOCCOCCOCCOc1ccc(CCCCN=C(N)NC(=O)c2nc(Cl)c(N)nc2N)cc1. The van der Waals surface area contributed by atoms with Crippen LogP contribution in [-0.2, 0) is 25.4 Å². The van der Waals surface area contributed by atoms with E-state index in [2.05, 4.69) is 30.9 Å². The normalized spacial score (nSPS) is 11.3. The van der Waals surface area contributed by atoms with E-state index in [1.807, 2.05) is 31.2 Å². The number of anilines is 2. The summed E-state index contributed by atoms with van der Waals surface area (Å²) in [6.07, 6.45) is 3.41. The third-order valence-electron chi connectivity index (χ3n) is 6.12. The van der Waals surface area contributed by atoms with Crippen molar-refractivity contribution in [3.8, 4) is 5.75 Å². The number of carbonyl (C=O) groups is 2. The van der Waals surface area contributed by atoms with Crippen molar-refractivity contribution in [1.29, 1.82) is 0 Å². The van der Waals surface area contributed by atoms with E-state index in [9.17, 15) is 9.59 Å². The van der Waals surface area contributed by atoms with Crippen molar-refractivity contribution in [2.24, 2.45) is 10.7 Å². The van der Waals surface area contributed by atoms with Gasteiger partial charge < -0.3 is 51.5 Å². The molecule has 0 atom stereocenters. The highest BCUT2D eigenvalue weighted by molar-refractivity contribution is 6.31. The molecule has 0 bridgehead atoms. The molecular weight excluding hydrogens is 634 g/mol. The number of carbonyl (C=O) groups excluding carboxylic acids is 2. The number of nitrogens with zero attached hydrogens (tertiary/aromatic N) is 3. The molecule has 0 fully saturated rings. The van der Waals surface area contributed by atoms with Crippen LogP contribution in [0.5, 0.6) is 5.75 Å². The second-order valence-electron chi connectivity index (χ2n) is 9.94. The maximum Gasteiger partial charge on any atom is 0.314 e. The number of halogens is 1. The van der Waals surface area contributed by atoms with Crippen LogP contribution >= 0.6 is 11.6 Å². The van der Waals surface area contributed by atoms with Gasteiger partial charge in [0.15, 0.2) is 28.4 Å². The fourth-order valence-electron chi connectivity index (χ4n) is 3.73. The minimum atomic E-state index is -0.672. The van der Waals surface area contributed by atoms with Crippen molar-refractivity contribution in [1.82, 2.24) is 25.9 Å². The zero-order chi connectivity index (χ0) is 34.1. The number of nitrogens with two attached hydrogens (primary N) is 3. The number of ether oxygens (including phenoxy) is 5. The first-order valence-corrected chi connectivity index (χ1v) is 15.9. The van der Waals surface area contributed by atoms with Crippen molar-refractivity contribution in [3.63, 3.8) is 0 Å². The molecule has 3 amide bonds. The summed E-state index contributed by atoms with van der Waals surface area (Å²) in [5, 5.41) is 7.73. The number of benzene rings is 1. The summed E-state index contributed by atoms with van der Waals surface area (Å²) in [5.41, 5.74) is 18.0. The standard InChI is InChI=1S/C30H48ClN9O7/c1-2-10-36-30(42)37-12-13-43-14-15-44-16-17-45-18-19-46-20-21-47-23-8-6-22(7-9-23)5-3-4-11-35-29(34)40-28(41)24-26(32)39-27(33)25(31)38-24/h6-9H,2-5,10-21H2,1H3,(H4,32,33,39)(H2,36,37,42)(H3,34,35,40,41). The Morgan fingerprint density at radius 1 is 0.809 bits per heavy atom. The van der Waals surface area contributed by atoms with Crippen molar-refractivity contribution in [2.45, 2.75) is 32.6 Å². The van der Waals surface area contributed by atoms with Crippen LogP contribution in [-0.4, -0.2) is 107 Å². The minimum absolute atomic E-state index is 0.0538. The molecule has 0 aliphatic heterocycles. The van der Waals surface area contributed by atoms with Gasteiger partial charge in [-0.2, -0.15) is 0 Å². The van der Waals surface area contributed by atoms with E-state index in [-0.39, 0.29) is 34.5 Å². The third kappa shape index (κ3) is 18.1. The number of nitrogens with one attached hydrogen (secondary N) is 3. The lowest BCUT2D eigenvalue weighted by Gasteiger charge is -2.09. The monoisotopic (exact) mass is 681 g/mol. The number of nitrogen functional groups attached to an aromatic ring is 2. The summed E-state index contributed by atoms with van der Waals surface area (Å²) in [5.74, 6) is -0.179. The maximum absolute atomic E-state index is 12.3. The van der Waals surface area contributed by atoms with Gasteiger partial charge in [0.1, 0.15) is 12.4 Å². The zero-order valence-corrected chi connectivity index (χ0v) is 27.7. The topological polar surface area (TPSA) is 233 Å². The molecule has 9 N–H and O–H groups in total. The van der Waals surface area contributed by atoms with Crippen LogP contribution in [0.25, 0.3) is 0 Å². The van der Waals surface area contributed by atoms with Gasteiger partial charge in [-0.25, -0.2) is 14.8 Å². The number of urea groups is 1. The number of hydrogen-bond donors (Lipinski definition) is 6. The summed E-state index contributed by atoms with van der Waals surface area (Å²) in [6, 6.07) is 7.72. The molecule has 2 aromatic rings. The molecule has 0 spiro atoms. The lowest BCUT2D eigenvalue weighted by molar-refractivity contribution is -0.00413. The molecule has 0 radical (unpaired) electrons. The Morgan fingerprint density at radius 2 is 1.40 bits per heavy atom. The van der Waals surface area contributed by atoms with Crippen LogP contribution in [0.15, 0.2) is 29.3 Å². The molecular formula is C30H48ClN9O7. The number of hydrogen-bond acceptors (Lipinski definition) is 12. The molecule has 262 valence electrons. The summed E-state index contributed by atoms with van der Waals surface area (Å²) < 4.78 is 27.6. The number of aromatic nitrogens is 2. The van der Waals surface area contributed by atoms with Crippen LogP contribution < -0.4 is 37.9 Å². The molecule has 1 heterocycles. The second-order valence-corrected chi connectivity index (χ2v) is 10.3. The number of aryl methyl sites for hydroxylation is 1. The van der Waals surface area contributed by atoms with Gasteiger partial charge in [-0.3, -0.25) is 15.1 Å². The van der Waals surface area contributed by atoms with Gasteiger partial charge in [0.05, 0.1) is 52.9 Å². The molecule has 0 aliphatic rings. The van der Waals surface area contributed by atoms with E-state index in [1.165, 1.54) is 5.56 Å². The highest BCUT2D eigenvalue weighted by atomic mass is 35.5. The average molecular weight is 682 g/mol. The molecule has 1 aromatic heterocycles. The highest BCUT2D eigenvalue weighted by Gasteiger charge is 2.16. The first-order valence-electron chi connectivity index (χ1n) is 15.5. The summed E-state index contributed by atoms with van der Waals surface area (Å²) in [4.78, 5) is 35.4. The molecule has 0 aliphatic carbocycles. The minimum Gasteiger partial charge on any atom is -0.491 e. The molecule has 2 rings (SSSR count). The molecule has 0 saturated heterocycles. The number of guanidine groups is 1. The quantitative estimate of drug-likeness (QED) is 0.0526. The molecule has 1 aromatic carbocycles. The fourth-order valence-corrected chi connectivity index (χ4v) is 3.86. The molecule has 0 unspecified atom stereocenters. The van der Waals surface area contributed by atoms with E-state index in [0.29, 0.717) is 79.1 Å². The summed E-state index contributed by atoms with van der Waals surface area (Å²) in [7, 11) is 0. The van der Waals surface area contributed by atoms with Crippen LogP contribution in [0, 0.1) is 0 Å². The zero-order valence-electron chi connectivity index (χ0n) is 26.9. The number of unbranched alkanes of at least 4 members (excludes halogenated alkanes) is 1. The highest BCUT2D eigenvalue weighted by Crippen LogP contribution is 2.17. The maximum atomic E-state index is 12.3. The number of aliphatic imine (C=N–C) groups is 1. The van der Waals surface area contributed by atoms with Gasteiger partial charge in [0, 0.05) is 19.6 Å². The summed E-state index contributed by atoms with van der Waals surface area (Å²) >= 11 is 5.80. The first kappa shape index (κ1) is 39.2. The molecule has 0 saturated carbocycles. The molecule has 47 heavy (non-hydrogen) atoms. The van der Waals surface area contributed by atoms with Crippen molar-refractivity contribution in [3.05, 3.63) is 40.7 Å². The van der Waals surface area contributed by atoms with Gasteiger partial charge in [-0.1, -0.05) is 30.7 Å². The third-order valence-corrected chi connectivity index (χ3v) is 6.40.